The van der Waals surface area contributed by atoms with E-state index in [0.717, 1.165) is 25.0 Å². The predicted molar refractivity (Wildman–Crippen MR) is 54.2 cm³/mol. The van der Waals surface area contributed by atoms with Gasteiger partial charge in [0.2, 0.25) is 0 Å². The molecule has 2 nitrogen and oxygen atoms in total. The molecule has 1 saturated carbocycles. The molecule has 2 rings (SSSR count). The van der Waals surface area contributed by atoms with E-state index in [4.69, 9.17) is 10.00 Å². The fourth-order valence-corrected chi connectivity index (χ4v) is 1.34. The van der Waals surface area contributed by atoms with Crippen LogP contribution in [0.15, 0.2) is 18.2 Å². The lowest BCUT2D eigenvalue weighted by Crippen LogP contribution is -1.98. The molecule has 1 aromatic rings. The summed E-state index contributed by atoms with van der Waals surface area (Å²) in [6, 6.07) is 7.97. The third kappa shape index (κ3) is 1.88. The monoisotopic (exact) mass is 187 g/mol. The maximum absolute atomic E-state index is 8.89. The third-order valence-corrected chi connectivity index (χ3v) is 2.39. The van der Waals surface area contributed by atoms with E-state index in [1.54, 1.807) is 0 Å². The number of nitriles is 1. The van der Waals surface area contributed by atoms with Crippen LogP contribution in [-0.2, 0) is 6.42 Å². The smallest absolute Gasteiger partial charge is 0.137 e. The average molecular weight is 187 g/mol. The first-order valence-corrected chi connectivity index (χ1v) is 5.03. The molecular formula is C12H13NO. The fraction of sp³-hybridized carbons (Fsp3) is 0.417. The first-order chi connectivity index (χ1) is 6.83. The van der Waals surface area contributed by atoms with Crippen molar-refractivity contribution >= 4 is 0 Å². The maximum atomic E-state index is 8.89. The summed E-state index contributed by atoms with van der Waals surface area (Å²) in [4.78, 5) is 0. The molecule has 0 heterocycles. The molecule has 0 aliphatic heterocycles. The Morgan fingerprint density at radius 1 is 1.50 bits per heavy atom. The van der Waals surface area contributed by atoms with Crippen molar-refractivity contribution in [1.29, 1.82) is 5.26 Å². The van der Waals surface area contributed by atoms with Crippen LogP contribution in [0.25, 0.3) is 0 Å². The minimum Gasteiger partial charge on any atom is -0.489 e. The molecule has 1 aromatic carbocycles. The van der Waals surface area contributed by atoms with E-state index in [1.807, 2.05) is 18.2 Å². The highest BCUT2D eigenvalue weighted by Crippen LogP contribution is 2.29. The zero-order chi connectivity index (χ0) is 9.97. The number of aryl methyl sites for hydroxylation is 1. The molecule has 0 unspecified atom stereocenters. The maximum Gasteiger partial charge on any atom is 0.137 e. The van der Waals surface area contributed by atoms with Gasteiger partial charge in [-0.1, -0.05) is 13.0 Å². The highest BCUT2D eigenvalue weighted by molar-refractivity contribution is 5.45. The van der Waals surface area contributed by atoms with Gasteiger partial charge in [-0.25, -0.2) is 0 Å². The number of rotatable bonds is 3. The van der Waals surface area contributed by atoms with Crippen molar-refractivity contribution in [2.75, 3.05) is 0 Å². The lowest BCUT2D eigenvalue weighted by Gasteiger charge is -2.07. The van der Waals surface area contributed by atoms with Crippen LogP contribution in [0.5, 0.6) is 5.75 Å². The van der Waals surface area contributed by atoms with Gasteiger partial charge >= 0.3 is 0 Å². The van der Waals surface area contributed by atoms with Gasteiger partial charge < -0.3 is 4.74 Å². The van der Waals surface area contributed by atoms with Crippen LogP contribution in [0.3, 0.4) is 0 Å². The summed E-state index contributed by atoms with van der Waals surface area (Å²) in [6.45, 7) is 2.10. The number of hydrogen-bond donors (Lipinski definition) is 0. The number of benzene rings is 1. The molecule has 14 heavy (non-hydrogen) atoms. The van der Waals surface area contributed by atoms with Crippen LogP contribution in [0, 0.1) is 11.3 Å². The zero-order valence-electron chi connectivity index (χ0n) is 8.29. The van der Waals surface area contributed by atoms with Crippen LogP contribution >= 0.6 is 0 Å². The van der Waals surface area contributed by atoms with E-state index >= 15 is 0 Å². The summed E-state index contributed by atoms with van der Waals surface area (Å²) in [7, 11) is 0. The Morgan fingerprint density at radius 3 is 2.86 bits per heavy atom. The average Bonchev–Trinajstić information content (AvgIpc) is 3.01. The summed E-state index contributed by atoms with van der Waals surface area (Å²) < 4.78 is 5.67. The lowest BCUT2D eigenvalue weighted by molar-refractivity contribution is 0.302. The molecule has 0 bridgehead atoms. The van der Waals surface area contributed by atoms with Gasteiger partial charge in [-0.3, -0.25) is 0 Å². The van der Waals surface area contributed by atoms with Crippen LogP contribution in [0.2, 0.25) is 0 Å². The standard InChI is InChI=1S/C12H13NO/c1-2-9-3-4-10(8-13)12(7-9)14-11-5-6-11/h3-4,7,11H,2,5-6H2,1H3. The number of ether oxygens (including phenoxy) is 1. The summed E-state index contributed by atoms with van der Waals surface area (Å²) in [5.41, 5.74) is 1.87. The Hall–Kier alpha value is -1.49. The Balaban J connectivity index is 2.27. The SMILES string of the molecule is CCc1ccc(C#N)c(OC2CC2)c1. The highest BCUT2D eigenvalue weighted by Gasteiger charge is 2.24. The van der Waals surface area contributed by atoms with Gasteiger partial charge in [0, 0.05) is 0 Å². The first kappa shape index (κ1) is 9.08. The van der Waals surface area contributed by atoms with E-state index in [0.29, 0.717) is 11.7 Å². The largest absolute Gasteiger partial charge is 0.489 e. The van der Waals surface area contributed by atoms with Crippen LogP contribution in [-0.4, -0.2) is 6.10 Å². The first-order valence-electron chi connectivity index (χ1n) is 5.03. The fourth-order valence-electron chi connectivity index (χ4n) is 1.34. The van der Waals surface area contributed by atoms with Gasteiger partial charge in [0.1, 0.15) is 11.8 Å². The molecule has 0 spiro atoms. The van der Waals surface area contributed by atoms with E-state index < -0.39 is 0 Å². The molecule has 1 aliphatic rings. The van der Waals surface area contributed by atoms with Gasteiger partial charge in [-0.2, -0.15) is 5.26 Å². The summed E-state index contributed by atoms with van der Waals surface area (Å²) in [5.74, 6) is 0.759. The Labute approximate surface area is 84.1 Å². The molecule has 0 radical (unpaired) electrons. The molecule has 2 heteroatoms. The van der Waals surface area contributed by atoms with Crippen molar-refractivity contribution < 1.29 is 4.74 Å². The molecule has 1 fully saturated rings. The van der Waals surface area contributed by atoms with Crippen LogP contribution in [0.1, 0.15) is 30.9 Å². The lowest BCUT2D eigenvalue weighted by atomic mass is 10.1. The van der Waals surface area contributed by atoms with E-state index in [-0.39, 0.29) is 0 Å². The van der Waals surface area contributed by atoms with Crippen molar-refractivity contribution in [3.8, 4) is 11.8 Å². The van der Waals surface area contributed by atoms with Gasteiger partial charge in [-0.15, -0.1) is 0 Å². The van der Waals surface area contributed by atoms with Crippen LogP contribution in [0.4, 0.5) is 0 Å². The normalized spacial score (nSPS) is 14.9. The molecule has 1 aliphatic carbocycles. The number of hydrogen-bond acceptors (Lipinski definition) is 2. The molecule has 0 atom stereocenters. The Morgan fingerprint density at radius 2 is 2.29 bits per heavy atom. The minimum absolute atomic E-state index is 0.356. The van der Waals surface area contributed by atoms with Crippen LogP contribution < -0.4 is 4.74 Å². The van der Waals surface area contributed by atoms with Crippen molar-refractivity contribution in [3.05, 3.63) is 29.3 Å². The van der Waals surface area contributed by atoms with Crippen molar-refractivity contribution in [3.63, 3.8) is 0 Å². The Bertz CT molecular complexity index is 374. The predicted octanol–water partition coefficient (Wildman–Crippen LogP) is 2.66. The molecule has 0 aromatic heterocycles. The van der Waals surface area contributed by atoms with E-state index in [2.05, 4.69) is 13.0 Å². The highest BCUT2D eigenvalue weighted by atomic mass is 16.5. The Kier molecular flexibility index (Phi) is 2.41. The summed E-state index contributed by atoms with van der Waals surface area (Å²) in [6.07, 6.45) is 3.59. The van der Waals surface area contributed by atoms with Gasteiger partial charge in [-0.05, 0) is 37.0 Å². The molecule has 0 saturated heterocycles. The number of nitrogens with zero attached hydrogens (tertiary/aromatic N) is 1. The second kappa shape index (κ2) is 3.71. The van der Waals surface area contributed by atoms with Crippen molar-refractivity contribution in [2.45, 2.75) is 32.3 Å². The third-order valence-electron chi connectivity index (χ3n) is 2.39. The quantitative estimate of drug-likeness (QED) is 0.728. The molecule has 72 valence electrons. The second-order valence-electron chi connectivity index (χ2n) is 3.61. The summed E-state index contributed by atoms with van der Waals surface area (Å²) in [5, 5.41) is 8.89. The van der Waals surface area contributed by atoms with E-state index in [1.165, 1.54) is 5.56 Å². The summed E-state index contributed by atoms with van der Waals surface area (Å²) >= 11 is 0. The molecule has 0 N–H and O–H groups in total. The van der Waals surface area contributed by atoms with Crippen molar-refractivity contribution in [2.24, 2.45) is 0 Å². The molecule has 0 amide bonds. The molecular weight excluding hydrogens is 174 g/mol. The second-order valence-corrected chi connectivity index (χ2v) is 3.61. The topological polar surface area (TPSA) is 33.0 Å². The van der Waals surface area contributed by atoms with Gasteiger partial charge in [0.05, 0.1) is 11.7 Å². The van der Waals surface area contributed by atoms with E-state index in [9.17, 15) is 0 Å². The zero-order valence-corrected chi connectivity index (χ0v) is 8.29. The van der Waals surface area contributed by atoms with Gasteiger partial charge in [0.15, 0.2) is 0 Å². The van der Waals surface area contributed by atoms with Gasteiger partial charge in [0.25, 0.3) is 0 Å². The minimum atomic E-state index is 0.356. The van der Waals surface area contributed by atoms with Crippen molar-refractivity contribution in [1.82, 2.24) is 0 Å².